The van der Waals surface area contributed by atoms with Crippen LogP contribution in [-0.4, -0.2) is 16.7 Å². The third-order valence-corrected chi connectivity index (χ3v) is 3.98. The lowest BCUT2D eigenvalue weighted by Gasteiger charge is -2.06. The van der Waals surface area contributed by atoms with Crippen molar-refractivity contribution in [1.82, 2.24) is 9.55 Å². The topological polar surface area (TPSA) is 29.9 Å². The molecule has 0 aliphatic carbocycles. The summed E-state index contributed by atoms with van der Waals surface area (Å²) in [6.45, 7) is 0. The molecule has 3 aromatic rings. The maximum atomic E-state index is 13.7. The van der Waals surface area contributed by atoms with Crippen LogP contribution in [-0.2, 0) is 0 Å². The van der Waals surface area contributed by atoms with Gasteiger partial charge in [-0.05, 0) is 58.5 Å². The number of aromatic amines is 1. The number of ether oxygens (including phenoxy) is 1. The third-order valence-electron chi connectivity index (χ3n) is 3.05. The van der Waals surface area contributed by atoms with Gasteiger partial charge in [0.05, 0.1) is 28.3 Å². The number of nitrogens with zero attached hydrogens (tertiary/aromatic N) is 1. The smallest absolute Gasteiger partial charge is 0.182 e. The molecule has 0 atom stereocenters. The van der Waals surface area contributed by atoms with Gasteiger partial charge < -0.3 is 9.72 Å². The van der Waals surface area contributed by atoms with Gasteiger partial charge in [0.25, 0.3) is 0 Å². The fourth-order valence-electron chi connectivity index (χ4n) is 2.10. The second kappa shape index (κ2) is 5.03. The highest BCUT2D eigenvalue weighted by atomic mass is 79.9. The number of rotatable bonds is 2. The van der Waals surface area contributed by atoms with E-state index in [2.05, 4.69) is 20.9 Å². The molecule has 3 nitrogen and oxygen atoms in total. The molecule has 6 heteroatoms. The maximum absolute atomic E-state index is 13.7. The fraction of sp³-hybridized carbons (Fsp3) is 0.0714. The summed E-state index contributed by atoms with van der Waals surface area (Å²) in [6, 6.07) is 10.5. The van der Waals surface area contributed by atoms with E-state index < -0.39 is 0 Å². The lowest BCUT2D eigenvalue weighted by Crippen LogP contribution is -1.95. The van der Waals surface area contributed by atoms with Gasteiger partial charge in [-0.25, -0.2) is 4.39 Å². The van der Waals surface area contributed by atoms with Crippen molar-refractivity contribution in [1.29, 1.82) is 0 Å². The number of fused-ring (bicyclic) bond motifs is 1. The molecule has 0 bridgehead atoms. The molecule has 1 N–H and O–H groups in total. The second-order valence-corrected chi connectivity index (χ2v) is 5.49. The Kier molecular flexibility index (Phi) is 3.35. The molecule has 0 spiro atoms. The van der Waals surface area contributed by atoms with E-state index in [1.807, 2.05) is 18.2 Å². The highest BCUT2D eigenvalue weighted by Crippen LogP contribution is 2.25. The van der Waals surface area contributed by atoms with Crippen molar-refractivity contribution in [3.8, 4) is 11.4 Å². The fourth-order valence-corrected chi connectivity index (χ4v) is 2.66. The maximum Gasteiger partial charge on any atom is 0.182 e. The van der Waals surface area contributed by atoms with Crippen LogP contribution in [0.1, 0.15) is 0 Å². The Bertz CT molecular complexity index is 856. The molecule has 0 aliphatic heterocycles. The lowest BCUT2D eigenvalue weighted by atomic mass is 10.2. The van der Waals surface area contributed by atoms with E-state index in [0.717, 1.165) is 16.8 Å². The van der Waals surface area contributed by atoms with Crippen molar-refractivity contribution in [3.63, 3.8) is 0 Å². The molecule has 1 heterocycles. The molecule has 0 aliphatic rings. The number of aromatic nitrogens is 2. The molecular weight excluding hydrogens is 343 g/mol. The van der Waals surface area contributed by atoms with Crippen LogP contribution >= 0.6 is 28.1 Å². The summed E-state index contributed by atoms with van der Waals surface area (Å²) >= 11 is 8.47. The first kappa shape index (κ1) is 13.3. The SMILES string of the molecule is COc1ccc2c(c1)[nH]c(=S)n2-c1ccc(Br)c(F)c1. The number of methoxy groups -OCH3 is 1. The lowest BCUT2D eigenvalue weighted by molar-refractivity contribution is 0.415. The standard InChI is InChI=1S/C14H10BrFN2OS/c1-19-9-3-5-13-12(7-9)17-14(20)18(13)8-2-4-10(15)11(16)6-8/h2-7H,1H3,(H,17,20). The van der Waals surface area contributed by atoms with Crippen molar-refractivity contribution >= 4 is 39.2 Å². The number of nitrogens with one attached hydrogen (secondary N) is 1. The van der Waals surface area contributed by atoms with Gasteiger partial charge in [-0.2, -0.15) is 0 Å². The van der Waals surface area contributed by atoms with Crippen molar-refractivity contribution in [2.24, 2.45) is 0 Å². The molecule has 3 rings (SSSR count). The van der Waals surface area contributed by atoms with E-state index in [-0.39, 0.29) is 5.82 Å². The van der Waals surface area contributed by atoms with Gasteiger partial charge in [-0.15, -0.1) is 0 Å². The molecule has 0 amide bonds. The van der Waals surface area contributed by atoms with E-state index >= 15 is 0 Å². The van der Waals surface area contributed by atoms with Gasteiger partial charge in [0.1, 0.15) is 11.6 Å². The average molecular weight is 353 g/mol. The van der Waals surface area contributed by atoms with E-state index in [1.54, 1.807) is 23.8 Å². The Balaban J connectivity index is 2.27. The minimum atomic E-state index is -0.327. The van der Waals surface area contributed by atoms with Crippen LogP contribution in [0.3, 0.4) is 0 Å². The highest BCUT2D eigenvalue weighted by molar-refractivity contribution is 9.10. The largest absolute Gasteiger partial charge is 0.497 e. The summed E-state index contributed by atoms with van der Waals surface area (Å²) in [6.07, 6.45) is 0. The minimum absolute atomic E-state index is 0.327. The van der Waals surface area contributed by atoms with E-state index in [9.17, 15) is 4.39 Å². The predicted molar refractivity (Wildman–Crippen MR) is 82.7 cm³/mol. The zero-order valence-corrected chi connectivity index (χ0v) is 12.9. The molecular formula is C14H10BrFN2OS. The zero-order valence-electron chi connectivity index (χ0n) is 10.5. The van der Waals surface area contributed by atoms with Crippen LogP contribution in [0.5, 0.6) is 5.75 Å². The first-order valence-electron chi connectivity index (χ1n) is 5.84. The van der Waals surface area contributed by atoms with Crippen LogP contribution < -0.4 is 4.74 Å². The molecule has 0 unspecified atom stereocenters. The molecule has 0 saturated heterocycles. The molecule has 0 radical (unpaired) electrons. The average Bonchev–Trinajstić information content (AvgIpc) is 2.76. The second-order valence-electron chi connectivity index (χ2n) is 4.25. The van der Waals surface area contributed by atoms with E-state index in [4.69, 9.17) is 17.0 Å². The van der Waals surface area contributed by atoms with Crippen molar-refractivity contribution in [3.05, 3.63) is 51.5 Å². The Morgan fingerprint density at radius 1 is 1.25 bits per heavy atom. The summed E-state index contributed by atoms with van der Waals surface area (Å²) < 4.78 is 21.6. The molecule has 0 saturated carbocycles. The van der Waals surface area contributed by atoms with Crippen molar-refractivity contribution < 1.29 is 9.13 Å². The zero-order chi connectivity index (χ0) is 14.3. The molecule has 20 heavy (non-hydrogen) atoms. The van der Waals surface area contributed by atoms with Crippen LogP contribution in [0, 0.1) is 10.6 Å². The normalized spacial score (nSPS) is 10.9. The van der Waals surface area contributed by atoms with Crippen LogP contribution in [0.25, 0.3) is 16.7 Å². The summed E-state index contributed by atoms with van der Waals surface area (Å²) in [5, 5.41) is 0. The predicted octanol–water partition coefficient (Wildman–Crippen LogP) is 4.60. The third kappa shape index (κ3) is 2.14. The first-order chi connectivity index (χ1) is 9.60. The van der Waals surface area contributed by atoms with E-state index in [0.29, 0.717) is 14.9 Å². The number of H-pyrrole nitrogens is 1. The monoisotopic (exact) mass is 352 g/mol. The Morgan fingerprint density at radius 3 is 2.75 bits per heavy atom. The van der Waals surface area contributed by atoms with Gasteiger partial charge in [-0.1, -0.05) is 0 Å². The number of benzene rings is 2. The quantitative estimate of drug-likeness (QED) is 0.683. The first-order valence-corrected chi connectivity index (χ1v) is 7.04. The van der Waals surface area contributed by atoms with Gasteiger partial charge >= 0.3 is 0 Å². The summed E-state index contributed by atoms with van der Waals surface area (Å²) in [5.74, 6) is 0.412. The van der Waals surface area contributed by atoms with Crippen LogP contribution in [0.15, 0.2) is 40.9 Å². The van der Waals surface area contributed by atoms with Gasteiger partial charge in [0, 0.05) is 6.07 Å². The van der Waals surface area contributed by atoms with Crippen molar-refractivity contribution in [2.45, 2.75) is 0 Å². The van der Waals surface area contributed by atoms with Crippen LogP contribution in [0.2, 0.25) is 0 Å². The highest BCUT2D eigenvalue weighted by Gasteiger charge is 2.09. The number of halogens is 2. The summed E-state index contributed by atoms with van der Waals surface area (Å²) in [4.78, 5) is 3.10. The molecule has 102 valence electrons. The van der Waals surface area contributed by atoms with Gasteiger partial charge in [0.2, 0.25) is 0 Å². The Morgan fingerprint density at radius 2 is 2.05 bits per heavy atom. The van der Waals surface area contributed by atoms with Gasteiger partial charge in [-0.3, -0.25) is 4.57 Å². The van der Waals surface area contributed by atoms with Crippen molar-refractivity contribution in [2.75, 3.05) is 7.11 Å². The van der Waals surface area contributed by atoms with E-state index in [1.165, 1.54) is 6.07 Å². The Hall–Kier alpha value is -1.66. The number of imidazole rings is 1. The summed E-state index contributed by atoms with van der Waals surface area (Å²) in [7, 11) is 1.61. The summed E-state index contributed by atoms with van der Waals surface area (Å²) in [5.41, 5.74) is 2.39. The number of hydrogen-bond donors (Lipinski definition) is 1. The number of hydrogen-bond acceptors (Lipinski definition) is 2. The molecule has 0 fully saturated rings. The van der Waals surface area contributed by atoms with Gasteiger partial charge in [0.15, 0.2) is 4.77 Å². The minimum Gasteiger partial charge on any atom is -0.497 e. The van der Waals surface area contributed by atoms with Crippen LogP contribution in [0.4, 0.5) is 4.39 Å². The Labute approximate surface area is 128 Å². The molecule has 1 aromatic heterocycles. The molecule has 2 aromatic carbocycles.